The third-order valence-corrected chi connectivity index (χ3v) is 5.67. The molecule has 3 aromatic rings. The van der Waals surface area contributed by atoms with Crippen molar-refractivity contribution < 1.29 is 17.9 Å². The fourth-order valence-corrected chi connectivity index (χ4v) is 3.59. The van der Waals surface area contributed by atoms with E-state index >= 15 is 0 Å². The van der Waals surface area contributed by atoms with E-state index in [0.29, 0.717) is 36.2 Å². The van der Waals surface area contributed by atoms with E-state index in [0.717, 1.165) is 10.9 Å². The number of nitrogens with two attached hydrogens (primary N) is 1. The maximum absolute atomic E-state index is 12.2. The highest BCUT2D eigenvalue weighted by Gasteiger charge is 2.09. The molecule has 3 rings (SSSR count). The Balaban J connectivity index is 1.53. The quantitative estimate of drug-likeness (QED) is 0.499. The first-order chi connectivity index (χ1) is 14.3. The number of benzene rings is 2. The molecule has 1 amide bonds. The van der Waals surface area contributed by atoms with Gasteiger partial charge in [-0.2, -0.15) is 0 Å². The molecule has 0 aliphatic rings. The summed E-state index contributed by atoms with van der Waals surface area (Å²) >= 11 is 0. The Kier molecular flexibility index (Phi) is 6.53. The fourth-order valence-electron chi connectivity index (χ4n) is 3.07. The summed E-state index contributed by atoms with van der Waals surface area (Å²) in [5.41, 5.74) is 1.91. The van der Waals surface area contributed by atoms with E-state index in [1.165, 1.54) is 12.1 Å². The molecular formula is C21H23N3O5S. The van der Waals surface area contributed by atoms with E-state index in [9.17, 15) is 18.0 Å². The Morgan fingerprint density at radius 3 is 2.50 bits per heavy atom. The first-order valence-corrected chi connectivity index (χ1v) is 10.9. The number of sulfonamides is 1. The second kappa shape index (κ2) is 9.10. The van der Waals surface area contributed by atoms with Gasteiger partial charge in [0, 0.05) is 29.4 Å². The van der Waals surface area contributed by atoms with Crippen LogP contribution in [0.4, 0.5) is 0 Å². The number of ether oxygens (including phenoxy) is 1. The lowest BCUT2D eigenvalue weighted by Crippen LogP contribution is -2.26. The Morgan fingerprint density at radius 2 is 1.83 bits per heavy atom. The summed E-state index contributed by atoms with van der Waals surface area (Å²) in [7, 11) is -2.14. The predicted octanol–water partition coefficient (Wildman–Crippen LogP) is 1.48. The van der Waals surface area contributed by atoms with Gasteiger partial charge >= 0.3 is 0 Å². The van der Waals surface area contributed by atoms with Gasteiger partial charge in [-0.05, 0) is 54.8 Å². The third kappa shape index (κ3) is 5.46. The molecule has 0 unspecified atom stereocenters. The number of fused-ring (bicyclic) bond motifs is 1. The topological polar surface area (TPSA) is 131 Å². The number of carbonyl (C=O) groups is 1. The minimum Gasteiger partial charge on any atom is -0.497 e. The van der Waals surface area contributed by atoms with Crippen LogP contribution in [0.5, 0.6) is 5.75 Å². The van der Waals surface area contributed by atoms with E-state index in [1.54, 1.807) is 37.4 Å². The SMILES string of the molecule is COc1ccc2[nH]c(=O)c(CCC(=O)NCCc3ccc(S(N)(=O)=O)cc3)cc2c1. The Morgan fingerprint density at radius 1 is 1.10 bits per heavy atom. The Hall–Kier alpha value is -3.17. The molecule has 0 saturated heterocycles. The summed E-state index contributed by atoms with van der Waals surface area (Å²) < 4.78 is 27.7. The molecule has 1 aromatic heterocycles. The molecular weight excluding hydrogens is 406 g/mol. The van der Waals surface area contributed by atoms with Crippen molar-refractivity contribution in [3.8, 4) is 5.75 Å². The van der Waals surface area contributed by atoms with Gasteiger partial charge in [0.15, 0.2) is 0 Å². The minimum atomic E-state index is -3.71. The number of nitrogens with one attached hydrogen (secondary N) is 2. The van der Waals surface area contributed by atoms with Crippen LogP contribution >= 0.6 is 0 Å². The van der Waals surface area contributed by atoms with Crippen LogP contribution in [0.15, 0.2) is 58.2 Å². The van der Waals surface area contributed by atoms with Crippen LogP contribution in [0, 0.1) is 0 Å². The highest BCUT2D eigenvalue weighted by Crippen LogP contribution is 2.19. The first-order valence-electron chi connectivity index (χ1n) is 9.34. The Bertz CT molecular complexity index is 1220. The highest BCUT2D eigenvalue weighted by atomic mass is 32.2. The molecule has 0 spiro atoms. The lowest BCUT2D eigenvalue weighted by atomic mass is 10.1. The number of aromatic nitrogens is 1. The maximum atomic E-state index is 12.2. The molecule has 0 bridgehead atoms. The van der Waals surface area contributed by atoms with Gasteiger partial charge in [0.25, 0.3) is 5.56 Å². The molecule has 0 aliphatic heterocycles. The number of pyridine rings is 1. The predicted molar refractivity (Wildman–Crippen MR) is 114 cm³/mol. The zero-order valence-electron chi connectivity index (χ0n) is 16.5. The van der Waals surface area contributed by atoms with Crippen molar-refractivity contribution in [2.45, 2.75) is 24.2 Å². The molecule has 8 nitrogen and oxygen atoms in total. The highest BCUT2D eigenvalue weighted by molar-refractivity contribution is 7.89. The van der Waals surface area contributed by atoms with Crippen LogP contribution in [0.25, 0.3) is 10.9 Å². The number of aryl methyl sites for hydroxylation is 1. The van der Waals surface area contributed by atoms with Crippen molar-refractivity contribution in [2.75, 3.05) is 13.7 Å². The average molecular weight is 429 g/mol. The van der Waals surface area contributed by atoms with Crippen molar-refractivity contribution in [2.24, 2.45) is 5.14 Å². The smallest absolute Gasteiger partial charge is 0.251 e. The summed E-state index contributed by atoms with van der Waals surface area (Å²) in [6, 6.07) is 13.4. The number of carbonyl (C=O) groups excluding carboxylic acids is 1. The number of methoxy groups -OCH3 is 1. The van der Waals surface area contributed by atoms with Gasteiger partial charge in [-0.25, -0.2) is 13.6 Å². The maximum Gasteiger partial charge on any atom is 0.251 e. The van der Waals surface area contributed by atoms with Gasteiger partial charge < -0.3 is 15.0 Å². The minimum absolute atomic E-state index is 0.0495. The second-order valence-corrected chi connectivity index (χ2v) is 8.43. The van der Waals surface area contributed by atoms with Crippen molar-refractivity contribution in [1.82, 2.24) is 10.3 Å². The van der Waals surface area contributed by atoms with Gasteiger partial charge in [-0.1, -0.05) is 12.1 Å². The lowest BCUT2D eigenvalue weighted by Gasteiger charge is -2.07. The molecule has 0 aliphatic carbocycles. The van der Waals surface area contributed by atoms with Crippen LogP contribution < -0.4 is 20.8 Å². The third-order valence-electron chi connectivity index (χ3n) is 4.74. The standard InChI is InChI=1S/C21H23N3O5S/c1-29-17-5-8-19-16(13-17)12-15(21(26)24-19)4-9-20(25)23-11-10-14-2-6-18(7-3-14)30(22,27)28/h2-3,5-8,12-13H,4,9-11H2,1H3,(H,23,25)(H,24,26)(H2,22,27,28). The number of primary sulfonamides is 1. The zero-order chi connectivity index (χ0) is 21.7. The molecule has 0 radical (unpaired) electrons. The van der Waals surface area contributed by atoms with Gasteiger partial charge in [0.2, 0.25) is 15.9 Å². The zero-order valence-corrected chi connectivity index (χ0v) is 17.3. The second-order valence-electron chi connectivity index (χ2n) is 6.87. The summed E-state index contributed by atoms with van der Waals surface area (Å²) in [5.74, 6) is 0.525. The molecule has 0 atom stereocenters. The van der Waals surface area contributed by atoms with Gasteiger partial charge in [0.05, 0.1) is 12.0 Å². The van der Waals surface area contributed by atoms with Crippen molar-refractivity contribution in [3.05, 3.63) is 70.0 Å². The molecule has 30 heavy (non-hydrogen) atoms. The molecule has 0 fully saturated rings. The molecule has 9 heteroatoms. The van der Waals surface area contributed by atoms with E-state index in [2.05, 4.69) is 10.3 Å². The summed E-state index contributed by atoms with van der Waals surface area (Å²) in [4.78, 5) is 27.2. The van der Waals surface area contributed by atoms with Crippen LogP contribution in [-0.4, -0.2) is 33.0 Å². The Labute approximate surface area is 174 Å². The number of hydrogen-bond acceptors (Lipinski definition) is 5. The largest absolute Gasteiger partial charge is 0.497 e. The van der Waals surface area contributed by atoms with E-state index in [1.807, 2.05) is 6.07 Å². The average Bonchev–Trinajstić information content (AvgIpc) is 2.71. The molecule has 0 saturated carbocycles. The van der Waals surface area contributed by atoms with Crippen LogP contribution in [-0.2, 0) is 27.7 Å². The molecule has 1 heterocycles. The van der Waals surface area contributed by atoms with Gasteiger partial charge in [-0.3, -0.25) is 9.59 Å². The fraction of sp³-hybridized carbons (Fsp3) is 0.238. The molecule has 158 valence electrons. The number of amides is 1. The molecule has 4 N–H and O–H groups in total. The van der Waals surface area contributed by atoms with Crippen molar-refractivity contribution >= 4 is 26.8 Å². The normalized spacial score (nSPS) is 11.4. The summed E-state index contributed by atoms with van der Waals surface area (Å²) in [5, 5.41) is 8.72. The van der Waals surface area contributed by atoms with Gasteiger partial charge in [0.1, 0.15) is 5.75 Å². The van der Waals surface area contributed by atoms with E-state index in [4.69, 9.17) is 9.88 Å². The van der Waals surface area contributed by atoms with Crippen LogP contribution in [0.2, 0.25) is 0 Å². The van der Waals surface area contributed by atoms with Crippen molar-refractivity contribution in [1.29, 1.82) is 0 Å². The number of rotatable bonds is 8. The monoisotopic (exact) mass is 429 g/mol. The summed E-state index contributed by atoms with van der Waals surface area (Å²) in [6.45, 7) is 0.402. The van der Waals surface area contributed by atoms with Crippen molar-refractivity contribution in [3.63, 3.8) is 0 Å². The van der Waals surface area contributed by atoms with E-state index in [-0.39, 0.29) is 22.8 Å². The van der Waals surface area contributed by atoms with E-state index < -0.39 is 10.0 Å². The number of H-pyrrole nitrogens is 1. The van der Waals surface area contributed by atoms with Crippen LogP contribution in [0.3, 0.4) is 0 Å². The lowest BCUT2D eigenvalue weighted by molar-refractivity contribution is -0.121. The first kappa shape index (κ1) is 21.5. The van der Waals surface area contributed by atoms with Gasteiger partial charge in [-0.15, -0.1) is 0 Å². The van der Waals surface area contributed by atoms with Crippen LogP contribution in [0.1, 0.15) is 17.5 Å². The number of hydrogen-bond donors (Lipinski definition) is 3. The molecule has 2 aromatic carbocycles. The summed E-state index contributed by atoms with van der Waals surface area (Å²) in [6.07, 6.45) is 1.05. The number of aromatic amines is 1.